The lowest BCUT2D eigenvalue weighted by atomic mass is 9.83. The minimum atomic E-state index is 0.711. The van der Waals surface area contributed by atoms with Gasteiger partial charge in [0, 0.05) is 24.2 Å². The van der Waals surface area contributed by atoms with E-state index in [1.54, 1.807) is 11.3 Å². The Balaban J connectivity index is 1.58. The standard InChI is InChI=1S/C15H25N3S/c1-2-5-13(6-3-1)14-11-18(9-4-7-16-14)12-15-17-8-10-19-15/h8,10,13-14,16H,1-7,9,11-12H2. The van der Waals surface area contributed by atoms with Crippen LogP contribution in [0.4, 0.5) is 0 Å². The summed E-state index contributed by atoms with van der Waals surface area (Å²) in [6, 6.07) is 0.711. The molecule has 2 aliphatic rings. The molecule has 1 N–H and O–H groups in total. The van der Waals surface area contributed by atoms with E-state index in [0.717, 1.165) is 12.5 Å². The number of hydrogen-bond acceptors (Lipinski definition) is 4. The van der Waals surface area contributed by atoms with Gasteiger partial charge < -0.3 is 5.32 Å². The first-order valence-electron chi connectivity index (χ1n) is 7.76. The van der Waals surface area contributed by atoms with Crippen molar-refractivity contribution in [3.05, 3.63) is 16.6 Å². The van der Waals surface area contributed by atoms with E-state index in [0.29, 0.717) is 6.04 Å². The summed E-state index contributed by atoms with van der Waals surface area (Å²) in [5.74, 6) is 0.908. The molecule has 0 spiro atoms. The quantitative estimate of drug-likeness (QED) is 0.922. The number of nitrogens with one attached hydrogen (secondary N) is 1. The number of thiazole rings is 1. The normalized spacial score (nSPS) is 27.3. The lowest BCUT2D eigenvalue weighted by molar-refractivity contribution is 0.201. The molecule has 1 atom stereocenters. The van der Waals surface area contributed by atoms with Crippen molar-refractivity contribution in [3.8, 4) is 0 Å². The average Bonchev–Trinajstić information content (AvgIpc) is 2.84. The highest BCUT2D eigenvalue weighted by Gasteiger charge is 2.26. The Morgan fingerprint density at radius 1 is 1.26 bits per heavy atom. The van der Waals surface area contributed by atoms with Gasteiger partial charge in [-0.15, -0.1) is 11.3 Å². The van der Waals surface area contributed by atoms with Crippen LogP contribution in [0.15, 0.2) is 11.6 Å². The molecule has 19 heavy (non-hydrogen) atoms. The molecule has 0 aromatic carbocycles. The molecule has 1 saturated carbocycles. The minimum Gasteiger partial charge on any atom is -0.312 e. The zero-order chi connectivity index (χ0) is 12.9. The molecule has 3 rings (SSSR count). The molecule has 106 valence electrons. The first-order chi connectivity index (χ1) is 9.42. The van der Waals surface area contributed by atoms with Gasteiger partial charge in [-0.2, -0.15) is 0 Å². The van der Waals surface area contributed by atoms with Gasteiger partial charge in [0.15, 0.2) is 0 Å². The third-order valence-corrected chi connectivity index (χ3v) is 5.34. The molecule has 3 nitrogen and oxygen atoms in total. The Morgan fingerprint density at radius 3 is 2.95 bits per heavy atom. The first-order valence-corrected chi connectivity index (χ1v) is 8.64. The lowest BCUT2D eigenvalue weighted by Crippen LogP contribution is -2.43. The maximum absolute atomic E-state index is 4.43. The van der Waals surface area contributed by atoms with Crippen molar-refractivity contribution < 1.29 is 0 Å². The number of hydrogen-bond donors (Lipinski definition) is 1. The van der Waals surface area contributed by atoms with Gasteiger partial charge in [-0.1, -0.05) is 19.3 Å². The average molecular weight is 279 g/mol. The van der Waals surface area contributed by atoms with E-state index < -0.39 is 0 Å². The van der Waals surface area contributed by atoms with E-state index >= 15 is 0 Å². The summed E-state index contributed by atoms with van der Waals surface area (Å²) in [5.41, 5.74) is 0. The molecule has 1 unspecified atom stereocenters. The third-order valence-electron chi connectivity index (χ3n) is 4.57. The fraction of sp³-hybridized carbons (Fsp3) is 0.800. The maximum Gasteiger partial charge on any atom is 0.107 e. The van der Waals surface area contributed by atoms with E-state index in [2.05, 4.69) is 20.6 Å². The Hall–Kier alpha value is -0.450. The van der Waals surface area contributed by atoms with Gasteiger partial charge in [-0.25, -0.2) is 4.98 Å². The topological polar surface area (TPSA) is 28.2 Å². The molecule has 0 bridgehead atoms. The Labute approximate surface area is 120 Å². The van der Waals surface area contributed by atoms with E-state index in [-0.39, 0.29) is 0 Å². The van der Waals surface area contributed by atoms with Gasteiger partial charge in [0.1, 0.15) is 5.01 Å². The van der Waals surface area contributed by atoms with E-state index in [1.807, 2.05) is 6.20 Å². The zero-order valence-electron chi connectivity index (χ0n) is 11.7. The summed E-state index contributed by atoms with van der Waals surface area (Å²) in [4.78, 5) is 7.04. The summed E-state index contributed by atoms with van der Waals surface area (Å²) < 4.78 is 0. The van der Waals surface area contributed by atoms with Crippen molar-refractivity contribution in [1.29, 1.82) is 0 Å². The van der Waals surface area contributed by atoms with Gasteiger partial charge in [0.25, 0.3) is 0 Å². The Morgan fingerprint density at radius 2 is 2.16 bits per heavy atom. The monoisotopic (exact) mass is 279 g/mol. The third kappa shape index (κ3) is 3.77. The van der Waals surface area contributed by atoms with Crippen LogP contribution in [0, 0.1) is 5.92 Å². The minimum absolute atomic E-state index is 0.711. The van der Waals surface area contributed by atoms with Gasteiger partial charge in [-0.3, -0.25) is 4.90 Å². The van der Waals surface area contributed by atoms with Crippen molar-refractivity contribution in [1.82, 2.24) is 15.2 Å². The van der Waals surface area contributed by atoms with Crippen molar-refractivity contribution in [2.45, 2.75) is 51.1 Å². The van der Waals surface area contributed by atoms with Crippen LogP contribution in [-0.4, -0.2) is 35.6 Å². The molecular formula is C15H25N3S. The van der Waals surface area contributed by atoms with Crippen molar-refractivity contribution in [2.24, 2.45) is 5.92 Å². The molecule has 1 aromatic heterocycles. The number of nitrogens with zero attached hydrogens (tertiary/aromatic N) is 2. The maximum atomic E-state index is 4.43. The lowest BCUT2D eigenvalue weighted by Gasteiger charge is -2.32. The number of aromatic nitrogens is 1. The predicted octanol–water partition coefficient (Wildman–Crippen LogP) is 2.89. The fourth-order valence-electron chi connectivity index (χ4n) is 3.54. The van der Waals surface area contributed by atoms with Crippen LogP contribution in [0.3, 0.4) is 0 Å². The van der Waals surface area contributed by atoms with Crippen LogP contribution in [0.5, 0.6) is 0 Å². The zero-order valence-corrected chi connectivity index (χ0v) is 12.5. The summed E-state index contributed by atoms with van der Waals surface area (Å²) in [6.45, 7) is 4.66. The molecule has 1 saturated heterocycles. The molecule has 1 aromatic rings. The molecule has 0 amide bonds. The van der Waals surface area contributed by atoms with Gasteiger partial charge in [-0.05, 0) is 38.3 Å². The largest absolute Gasteiger partial charge is 0.312 e. The van der Waals surface area contributed by atoms with Crippen LogP contribution in [0.2, 0.25) is 0 Å². The van der Waals surface area contributed by atoms with E-state index in [9.17, 15) is 0 Å². The highest BCUT2D eigenvalue weighted by molar-refractivity contribution is 7.09. The highest BCUT2D eigenvalue weighted by atomic mass is 32.1. The van der Waals surface area contributed by atoms with Crippen LogP contribution in [0.1, 0.15) is 43.5 Å². The number of rotatable bonds is 3. The molecule has 0 radical (unpaired) electrons. The van der Waals surface area contributed by atoms with Crippen LogP contribution in [-0.2, 0) is 6.54 Å². The molecule has 1 aliphatic heterocycles. The highest BCUT2D eigenvalue weighted by Crippen LogP contribution is 2.27. The summed E-state index contributed by atoms with van der Waals surface area (Å²) in [6.07, 6.45) is 10.4. The first kappa shape index (κ1) is 13.5. The molecule has 4 heteroatoms. The fourth-order valence-corrected chi connectivity index (χ4v) is 4.20. The Kier molecular flexibility index (Phi) is 4.86. The summed E-state index contributed by atoms with van der Waals surface area (Å²) >= 11 is 1.79. The van der Waals surface area contributed by atoms with Crippen molar-refractivity contribution in [3.63, 3.8) is 0 Å². The van der Waals surface area contributed by atoms with Gasteiger partial charge >= 0.3 is 0 Å². The molecule has 2 heterocycles. The second-order valence-electron chi connectivity index (χ2n) is 5.97. The van der Waals surface area contributed by atoms with Gasteiger partial charge in [0.2, 0.25) is 0 Å². The second-order valence-corrected chi connectivity index (χ2v) is 6.95. The van der Waals surface area contributed by atoms with Crippen molar-refractivity contribution >= 4 is 11.3 Å². The van der Waals surface area contributed by atoms with Crippen LogP contribution >= 0.6 is 11.3 Å². The summed E-state index contributed by atoms with van der Waals surface area (Å²) in [5, 5.41) is 7.16. The smallest absolute Gasteiger partial charge is 0.107 e. The van der Waals surface area contributed by atoms with Crippen molar-refractivity contribution in [2.75, 3.05) is 19.6 Å². The second kappa shape index (κ2) is 6.82. The predicted molar refractivity (Wildman–Crippen MR) is 80.4 cm³/mol. The van der Waals surface area contributed by atoms with Crippen LogP contribution in [0.25, 0.3) is 0 Å². The van der Waals surface area contributed by atoms with Gasteiger partial charge in [0.05, 0.1) is 6.54 Å². The van der Waals surface area contributed by atoms with E-state index in [1.165, 1.54) is 63.2 Å². The molecule has 1 aliphatic carbocycles. The summed E-state index contributed by atoms with van der Waals surface area (Å²) in [7, 11) is 0. The molecular weight excluding hydrogens is 254 g/mol. The van der Waals surface area contributed by atoms with Crippen LogP contribution < -0.4 is 5.32 Å². The van der Waals surface area contributed by atoms with E-state index in [4.69, 9.17) is 0 Å². The molecule has 2 fully saturated rings. The SMILES string of the molecule is c1csc(CN2CCCNC(C3CCCCC3)C2)n1. The Bertz CT molecular complexity index is 359.